The minimum atomic E-state index is -0.273. The third-order valence-electron chi connectivity index (χ3n) is 2.91. The monoisotopic (exact) mass is 269 g/mol. The largest absolute Gasteiger partial charge is 0.325 e. The number of nitrogens with one attached hydrogen (secondary N) is 1. The number of hydrogen-bond donors (Lipinski definition) is 1. The fourth-order valence-electron chi connectivity index (χ4n) is 2.03. The molecule has 2 aromatic heterocycles. The average Bonchev–Trinajstić information content (AvgIpc) is 2.81. The van der Waals surface area contributed by atoms with E-state index in [4.69, 9.17) is 0 Å². The molecule has 0 aliphatic carbocycles. The summed E-state index contributed by atoms with van der Waals surface area (Å²) in [4.78, 5) is 15.5. The Morgan fingerprint density at radius 2 is 1.90 bits per heavy atom. The molecule has 0 unspecified atom stereocenters. The van der Waals surface area contributed by atoms with Gasteiger partial charge in [0.25, 0.3) is 0 Å². The molecule has 0 spiro atoms. The maximum atomic E-state index is 12.9. The van der Waals surface area contributed by atoms with Gasteiger partial charge in [0, 0.05) is 24.9 Å². The van der Waals surface area contributed by atoms with Crippen LogP contribution in [-0.4, -0.2) is 15.3 Å². The van der Waals surface area contributed by atoms with Crippen molar-refractivity contribution in [3.05, 3.63) is 54.6 Å². The van der Waals surface area contributed by atoms with Crippen LogP contribution in [0.2, 0.25) is 0 Å². The summed E-state index contributed by atoms with van der Waals surface area (Å²) in [5.74, 6) is -0.395. The molecule has 0 fully saturated rings. The predicted octanol–water partition coefficient (Wildman–Crippen LogP) is 3.10. The number of imidazole rings is 1. The van der Waals surface area contributed by atoms with Gasteiger partial charge in [0.15, 0.2) is 0 Å². The summed E-state index contributed by atoms with van der Waals surface area (Å²) < 4.78 is 14.7. The molecule has 0 aliphatic rings. The Kier molecular flexibility index (Phi) is 2.95. The zero-order valence-corrected chi connectivity index (χ0v) is 10.8. The fraction of sp³-hybridized carbons (Fsp3) is 0.0667. The van der Waals surface area contributed by atoms with Crippen molar-refractivity contribution in [2.45, 2.75) is 6.92 Å². The van der Waals surface area contributed by atoms with Crippen LogP contribution in [0.1, 0.15) is 6.92 Å². The summed E-state index contributed by atoms with van der Waals surface area (Å²) in [6, 6.07) is 9.79. The summed E-state index contributed by atoms with van der Waals surface area (Å²) in [6.45, 7) is 1.46. The number of carbonyl (C=O) groups is 1. The highest BCUT2D eigenvalue weighted by Crippen LogP contribution is 2.20. The average molecular weight is 269 g/mol. The van der Waals surface area contributed by atoms with E-state index in [1.165, 1.54) is 19.1 Å². The Balaban J connectivity index is 2.01. The Labute approximate surface area is 114 Å². The summed E-state index contributed by atoms with van der Waals surface area (Å²) in [7, 11) is 0. The third kappa shape index (κ3) is 2.38. The molecule has 0 aliphatic heterocycles. The van der Waals surface area contributed by atoms with Crippen molar-refractivity contribution < 1.29 is 9.18 Å². The number of anilines is 1. The van der Waals surface area contributed by atoms with Crippen LogP contribution in [0, 0.1) is 5.82 Å². The number of amides is 1. The van der Waals surface area contributed by atoms with Crippen molar-refractivity contribution in [1.82, 2.24) is 9.38 Å². The van der Waals surface area contributed by atoms with Crippen LogP contribution in [-0.2, 0) is 4.79 Å². The topological polar surface area (TPSA) is 46.4 Å². The normalized spacial score (nSPS) is 10.7. The number of hydrogen-bond acceptors (Lipinski definition) is 2. The van der Waals surface area contributed by atoms with Crippen LogP contribution >= 0.6 is 0 Å². The second kappa shape index (κ2) is 4.77. The summed E-state index contributed by atoms with van der Waals surface area (Å²) in [6.07, 6.45) is 3.63. The molecule has 0 saturated heterocycles. The number of rotatable bonds is 2. The molecule has 20 heavy (non-hydrogen) atoms. The van der Waals surface area contributed by atoms with Gasteiger partial charge < -0.3 is 9.72 Å². The number of nitrogens with zero attached hydrogens (tertiary/aromatic N) is 2. The quantitative estimate of drug-likeness (QED) is 0.777. The number of halogens is 1. The molecule has 0 saturated carbocycles. The smallest absolute Gasteiger partial charge is 0.221 e. The second-order valence-corrected chi connectivity index (χ2v) is 4.50. The molecule has 1 N–H and O–H groups in total. The number of pyridine rings is 1. The van der Waals surface area contributed by atoms with E-state index in [0.29, 0.717) is 5.69 Å². The molecule has 1 amide bonds. The van der Waals surface area contributed by atoms with E-state index >= 15 is 0 Å². The van der Waals surface area contributed by atoms with Gasteiger partial charge in [-0.1, -0.05) is 0 Å². The molecule has 0 atom stereocenters. The van der Waals surface area contributed by atoms with E-state index in [-0.39, 0.29) is 11.7 Å². The van der Waals surface area contributed by atoms with E-state index in [1.54, 1.807) is 24.4 Å². The van der Waals surface area contributed by atoms with Gasteiger partial charge >= 0.3 is 0 Å². The van der Waals surface area contributed by atoms with Crippen LogP contribution in [0.15, 0.2) is 48.8 Å². The van der Waals surface area contributed by atoms with E-state index in [2.05, 4.69) is 10.3 Å². The number of fused-ring (bicyclic) bond motifs is 1. The first-order valence-electron chi connectivity index (χ1n) is 6.14. The van der Waals surface area contributed by atoms with Crippen LogP contribution in [0.3, 0.4) is 0 Å². The van der Waals surface area contributed by atoms with Gasteiger partial charge in [-0.2, -0.15) is 0 Å². The van der Waals surface area contributed by atoms with E-state index in [0.717, 1.165) is 16.9 Å². The fourth-order valence-corrected chi connectivity index (χ4v) is 2.03. The van der Waals surface area contributed by atoms with Gasteiger partial charge in [0.05, 0.1) is 11.4 Å². The molecule has 100 valence electrons. The zero-order chi connectivity index (χ0) is 14.1. The maximum absolute atomic E-state index is 12.9. The van der Waals surface area contributed by atoms with Crippen LogP contribution in [0.25, 0.3) is 16.9 Å². The molecule has 1 aromatic carbocycles. The van der Waals surface area contributed by atoms with E-state index in [1.807, 2.05) is 16.7 Å². The van der Waals surface area contributed by atoms with E-state index < -0.39 is 0 Å². The van der Waals surface area contributed by atoms with Crippen molar-refractivity contribution >= 4 is 17.2 Å². The number of aromatic nitrogens is 2. The van der Waals surface area contributed by atoms with Gasteiger partial charge in [-0.3, -0.25) is 4.79 Å². The lowest BCUT2D eigenvalue weighted by molar-refractivity contribution is -0.114. The van der Waals surface area contributed by atoms with Crippen molar-refractivity contribution in [3.63, 3.8) is 0 Å². The molecule has 0 radical (unpaired) electrons. The van der Waals surface area contributed by atoms with Gasteiger partial charge in [0.1, 0.15) is 11.5 Å². The first-order chi connectivity index (χ1) is 9.61. The molecular formula is C15H12FN3O. The first kappa shape index (κ1) is 12.3. The van der Waals surface area contributed by atoms with Crippen LogP contribution in [0.5, 0.6) is 0 Å². The van der Waals surface area contributed by atoms with Crippen molar-refractivity contribution in [1.29, 1.82) is 0 Å². The van der Waals surface area contributed by atoms with Gasteiger partial charge in [-0.05, 0) is 36.4 Å². The Hall–Kier alpha value is -2.69. The zero-order valence-electron chi connectivity index (χ0n) is 10.8. The first-order valence-corrected chi connectivity index (χ1v) is 6.14. The lowest BCUT2D eigenvalue weighted by atomic mass is 10.2. The van der Waals surface area contributed by atoms with Crippen LogP contribution < -0.4 is 5.32 Å². The lowest BCUT2D eigenvalue weighted by Gasteiger charge is -2.01. The Morgan fingerprint density at radius 1 is 1.15 bits per heavy atom. The Bertz CT molecular complexity index is 777. The lowest BCUT2D eigenvalue weighted by Crippen LogP contribution is -2.06. The molecule has 0 bridgehead atoms. The highest BCUT2D eigenvalue weighted by molar-refractivity contribution is 5.88. The van der Waals surface area contributed by atoms with Gasteiger partial charge in [-0.15, -0.1) is 0 Å². The molecule has 4 nitrogen and oxygen atoms in total. The SMILES string of the molecule is CC(=O)Nc1ccc2nc(-c3ccc(F)cc3)cn2c1. The maximum Gasteiger partial charge on any atom is 0.221 e. The number of carbonyl (C=O) groups excluding carboxylic acids is 1. The summed E-state index contributed by atoms with van der Waals surface area (Å²) in [5, 5.41) is 2.72. The van der Waals surface area contributed by atoms with Gasteiger partial charge in [-0.25, -0.2) is 9.37 Å². The van der Waals surface area contributed by atoms with Crippen molar-refractivity contribution in [2.24, 2.45) is 0 Å². The highest BCUT2D eigenvalue weighted by atomic mass is 19.1. The van der Waals surface area contributed by atoms with E-state index in [9.17, 15) is 9.18 Å². The van der Waals surface area contributed by atoms with Crippen molar-refractivity contribution in [2.75, 3.05) is 5.32 Å². The molecule has 3 rings (SSSR count). The molecule has 5 heteroatoms. The Morgan fingerprint density at radius 3 is 2.60 bits per heavy atom. The molecule has 3 aromatic rings. The third-order valence-corrected chi connectivity index (χ3v) is 2.91. The highest BCUT2D eigenvalue weighted by Gasteiger charge is 2.05. The van der Waals surface area contributed by atoms with Crippen molar-refractivity contribution in [3.8, 4) is 11.3 Å². The summed E-state index contributed by atoms with van der Waals surface area (Å²) in [5.41, 5.74) is 3.06. The van der Waals surface area contributed by atoms with Crippen LogP contribution in [0.4, 0.5) is 10.1 Å². The summed E-state index contributed by atoms with van der Waals surface area (Å²) >= 11 is 0. The molecule has 2 heterocycles. The number of benzene rings is 1. The minimum Gasteiger partial charge on any atom is -0.325 e. The second-order valence-electron chi connectivity index (χ2n) is 4.50. The molecular weight excluding hydrogens is 257 g/mol. The predicted molar refractivity (Wildman–Crippen MR) is 74.9 cm³/mol. The van der Waals surface area contributed by atoms with Gasteiger partial charge in [0.2, 0.25) is 5.91 Å². The standard InChI is InChI=1S/C15H12FN3O/c1-10(20)17-13-6-7-15-18-14(9-19(15)8-13)11-2-4-12(16)5-3-11/h2-9H,1H3,(H,17,20). The minimum absolute atomic E-state index is 0.122.